The molecule has 0 atom stereocenters. The summed E-state index contributed by atoms with van der Waals surface area (Å²) in [6.07, 6.45) is 3.15. The Labute approximate surface area is 111 Å². The molecule has 2 aromatic heterocycles. The van der Waals surface area contributed by atoms with E-state index in [1.54, 1.807) is 30.5 Å². The average Bonchev–Trinajstić information content (AvgIpc) is 2.40. The van der Waals surface area contributed by atoms with E-state index in [0.29, 0.717) is 23.7 Å². The van der Waals surface area contributed by atoms with Crippen LogP contribution in [-0.4, -0.2) is 22.5 Å². The first kappa shape index (κ1) is 13.0. The molecule has 0 bridgehead atoms. The van der Waals surface area contributed by atoms with Crippen LogP contribution in [0.1, 0.15) is 23.0 Å². The summed E-state index contributed by atoms with van der Waals surface area (Å²) in [7, 11) is 0. The van der Waals surface area contributed by atoms with Gasteiger partial charge in [0.1, 0.15) is 0 Å². The highest BCUT2D eigenvalue weighted by atomic mass is 16.5. The summed E-state index contributed by atoms with van der Waals surface area (Å²) in [6.45, 7) is 4.30. The number of nitrogens with one attached hydrogen (secondary N) is 1. The molecular weight excluding hydrogens is 242 g/mol. The van der Waals surface area contributed by atoms with Gasteiger partial charge in [0, 0.05) is 29.8 Å². The Bertz CT molecular complexity index is 567. The Morgan fingerprint density at radius 3 is 2.79 bits per heavy atom. The SMILES string of the molecule is CCOc1ccc(C(=O)Nc2ccnc(C)c2)cn1. The first-order chi connectivity index (χ1) is 9.19. The second-order valence-electron chi connectivity index (χ2n) is 3.96. The maximum Gasteiger partial charge on any atom is 0.257 e. The molecule has 98 valence electrons. The van der Waals surface area contributed by atoms with E-state index in [1.807, 2.05) is 13.8 Å². The van der Waals surface area contributed by atoms with Crippen LogP contribution in [0.2, 0.25) is 0 Å². The van der Waals surface area contributed by atoms with Gasteiger partial charge >= 0.3 is 0 Å². The number of amides is 1. The molecule has 0 saturated heterocycles. The normalized spacial score (nSPS) is 10.0. The molecule has 1 N–H and O–H groups in total. The van der Waals surface area contributed by atoms with Crippen LogP contribution in [0, 0.1) is 6.92 Å². The van der Waals surface area contributed by atoms with Gasteiger partial charge in [0.2, 0.25) is 5.88 Å². The molecule has 1 amide bonds. The van der Waals surface area contributed by atoms with E-state index in [0.717, 1.165) is 5.69 Å². The van der Waals surface area contributed by atoms with Gasteiger partial charge in [-0.05, 0) is 32.0 Å². The molecule has 0 aliphatic rings. The number of carbonyl (C=O) groups excluding carboxylic acids is 1. The zero-order valence-corrected chi connectivity index (χ0v) is 10.9. The van der Waals surface area contributed by atoms with E-state index >= 15 is 0 Å². The first-order valence-electron chi connectivity index (χ1n) is 6.02. The number of ether oxygens (including phenoxy) is 1. The molecule has 0 radical (unpaired) electrons. The highest BCUT2D eigenvalue weighted by molar-refractivity contribution is 6.04. The van der Waals surface area contributed by atoms with Gasteiger partial charge < -0.3 is 10.1 Å². The third-order valence-electron chi connectivity index (χ3n) is 2.45. The summed E-state index contributed by atoms with van der Waals surface area (Å²) in [5.74, 6) is 0.306. The van der Waals surface area contributed by atoms with Crippen LogP contribution < -0.4 is 10.1 Å². The van der Waals surface area contributed by atoms with Crippen LogP contribution in [0.25, 0.3) is 0 Å². The number of anilines is 1. The predicted octanol–water partition coefficient (Wildman–Crippen LogP) is 2.44. The second-order valence-corrected chi connectivity index (χ2v) is 3.96. The van der Waals surface area contributed by atoms with Gasteiger partial charge in [-0.2, -0.15) is 0 Å². The van der Waals surface area contributed by atoms with E-state index in [-0.39, 0.29) is 5.91 Å². The van der Waals surface area contributed by atoms with Crippen molar-refractivity contribution >= 4 is 11.6 Å². The summed E-state index contributed by atoms with van der Waals surface area (Å²) in [5, 5.41) is 2.79. The fourth-order valence-electron chi connectivity index (χ4n) is 1.57. The van der Waals surface area contributed by atoms with Gasteiger partial charge in [-0.15, -0.1) is 0 Å². The smallest absolute Gasteiger partial charge is 0.257 e. The zero-order chi connectivity index (χ0) is 13.7. The number of carbonyl (C=O) groups is 1. The van der Waals surface area contributed by atoms with E-state index in [1.165, 1.54) is 6.20 Å². The maximum absolute atomic E-state index is 12.0. The van der Waals surface area contributed by atoms with Gasteiger partial charge in [-0.3, -0.25) is 9.78 Å². The van der Waals surface area contributed by atoms with E-state index in [2.05, 4.69) is 15.3 Å². The molecule has 0 aromatic carbocycles. The Hall–Kier alpha value is -2.43. The Balaban J connectivity index is 2.07. The fraction of sp³-hybridized carbons (Fsp3) is 0.214. The molecule has 5 nitrogen and oxygen atoms in total. The Morgan fingerprint density at radius 2 is 2.16 bits per heavy atom. The lowest BCUT2D eigenvalue weighted by Gasteiger charge is -2.06. The third kappa shape index (κ3) is 3.51. The maximum atomic E-state index is 12.0. The van der Waals surface area contributed by atoms with Gasteiger partial charge in [0.15, 0.2) is 0 Å². The average molecular weight is 257 g/mol. The molecule has 0 aliphatic carbocycles. The van der Waals surface area contributed by atoms with Gasteiger partial charge in [-0.25, -0.2) is 4.98 Å². The molecule has 0 aliphatic heterocycles. The number of aryl methyl sites for hydroxylation is 1. The minimum atomic E-state index is -0.207. The lowest BCUT2D eigenvalue weighted by atomic mass is 10.2. The summed E-state index contributed by atoms with van der Waals surface area (Å²) in [6, 6.07) is 6.91. The standard InChI is InChI=1S/C14H15N3O2/c1-3-19-13-5-4-11(9-16-13)14(18)17-12-6-7-15-10(2)8-12/h4-9H,3H2,1-2H3,(H,15,17,18). The van der Waals surface area contributed by atoms with Crippen molar-refractivity contribution in [2.75, 3.05) is 11.9 Å². The van der Waals surface area contributed by atoms with Crippen LogP contribution in [0.15, 0.2) is 36.7 Å². The molecule has 0 unspecified atom stereocenters. The highest BCUT2D eigenvalue weighted by Gasteiger charge is 2.07. The largest absolute Gasteiger partial charge is 0.478 e. The van der Waals surface area contributed by atoms with Gasteiger partial charge in [-0.1, -0.05) is 0 Å². The third-order valence-corrected chi connectivity index (χ3v) is 2.45. The van der Waals surface area contributed by atoms with Gasteiger partial charge in [0.05, 0.1) is 12.2 Å². The molecule has 0 saturated carbocycles. The molecule has 2 rings (SSSR count). The number of rotatable bonds is 4. The summed E-state index contributed by atoms with van der Waals surface area (Å²) < 4.78 is 5.22. The quantitative estimate of drug-likeness (QED) is 0.913. The number of aromatic nitrogens is 2. The number of nitrogens with zero attached hydrogens (tertiary/aromatic N) is 2. The molecule has 19 heavy (non-hydrogen) atoms. The van der Waals surface area contributed by atoms with Gasteiger partial charge in [0.25, 0.3) is 5.91 Å². The van der Waals surface area contributed by atoms with Crippen LogP contribution in [0.4, 0.5) is 5.69 Å². The molecule has 5 heteroatoms. The van der Waals surface area contributed by atoms with Crippen molar-refractivity contribution in [3.05, 3.63) is 47.9 Å². The highest BCUT2D eigenvalue weighted by Crippen LogP contribution is 2.11. The minimum Gasteiger partial charge on any atom is -0.478 e. The van der Waals surface area contributed by atoms with Crippen molar-refractivity contribution in [1.82, 2.24) is 9.97 Å². The molecular formula is C14H15N3O2. The van der Waals surface area contributed by atoms with Crippen molar-refractivity contribution in [1.29, 1.82) is 0 Å². The van der Waals surface area contributed by atoms with Crippen LogP contribution >= 0.6 is 0 Å². The summed E-state index contributed by atoms with van der Waals surface area (Å²) in [4.78, 5) is 20.1. The number of hydrogen-bond acceptors (Lipinski definition) is 4. The van der Waals surface area contributed by atoms with Crippen LogP contribution in [0.5, 0.6) is 5.88 Å². The lowest BCUT2D eigenvalue weighted by Crippen LogP contribution is -2.12. The minimum absolute atomic E-state index is 0.207. The lowest BCUT2D eigenvalue weighted by molar-refractivity contribution is 0.102. The van der Waals surface area contributed by atoms with E-state index in [9.17, 15) is 4.79 Å². The zero-order valence-electron chi connectivity index (χ0n) is 10.9. The van der Waals surface area contributed by atoms with Crippen molar-refractivity contribution in [2.24, 2.45) is 0 Å². The Kier molecular flexibility index (Phi) is 4.07. The van der Waals surface area contributed by atoms with E-state index < -0.39 is 0 Å². The predicted molar refractivity (Wildman–Crippen MR) is 72.3 cm³/mol. The van der Waals surface area contributed by atoms with Crippen molar-refractivity contribution in [2.45, 2.75) is 13.8 Å². The van der Waals surface area contributed by atoms with Crippen molar-refractivity contribution in [3.63, 3.8) is 0 Å². The molecule has 0 spiro atoms. The monoisotopic (exact) mass is 257 g/mol. The molecule has 0 fully saturated rings. The second kappa shape index (κ2) is 5.95. The summed E-state index contributed by atoms with van der Waals surface area (Å²) in [5.41, 5.74) is 2.05. The number of pyridine rings is 2. The van der Waals surface area contributed by atoms with E-state index in [4.69, 9.17) is 4.74 Å². The van der Waals surface area contributed by atoms with Crippen LogP contribution in [-0.2, 0) is 0 Å². The van der Waals surface area contributed by atoms with Crippen molar-refractivity contribution in [3.8, 4) is 5.88 Å². The fourth-order valence-corrected chi connectivity index (χ4v) is 1.57. The molecule has 2 aromatic rings. The topological polar surface area (TPSA) is 64.1 Å². The summed E-state index contributed by atoms with van der Waals surface area (Å²) >= 11 is 0. The molecule has 2 heterocycles. The van der Waals surface area contributed by atoms with Crippen LogP contribution in [0.3, 0.4) is 0 Å². The first-order valence-corrected chi connectivity index (χ1v) is 6.02. The number of hydrogen-bond donors (Lipinski definition) is 1. The van der Waals surface area contributed by atoms with Crippen molar-refractivity contribution < 1.29 is 9.53 Å². The Morgan fingerprint density at radius 1 is 1.32 bits per heavy atom.